The molecule has 5 heteroatoms. The van der Waals surface area contributed by atoms with Crippen LogP contribution in [0.4, 0.5) is 0 Å². The van der Waals surface area contributed by atoms with Crippen LogP contribution in [-0.2, 0) is 4.79 Å². The molecular formula is C12H15BrN2O2. The lowest BCUT2D eigenvalue weighted by Gasteiger charge is -2.26. The quantitative estimate of drug-likeness (QED) is 0.859. The van der Waals surface area contributed by atoms with Crippen molar-refractivity contribution >= 4 is 21.8 Å². The number of piperidine rings is 1. The number of carbonyl (C=O) groups excluding carboxylic acids is 1. The fourth-order valence-electron chi connectivity index (χ4n) is 1.83. The predicted octanol–water partition coefficient (Wildman–Crippen LogP) is 2.24. The van der Waals surface area contributed by atoms with Crippen molar-refractivity contribution in [1.82, 2.24) is 9.88 Å². The van der Waals surface area contributed by atoms with Crippen LogP contribution < -0.4 is 4.74 Å². The van der Waals surface area contributed by atoms with Gasteiger partial charge >= 0.3 is 0 Å². The van der Waals surface area contributed by atoms with Crippen LogP contribution in [0.2, 0.25) is 0 Å². The SMILES string of the molecule is O=C(COc1cc(Br)ccn1)N1CCCCC1. The minimum Gasteiger partial charge on any atom is -0.468 e. The number of hydrogen-bond acceptors (Lipinski definition) is 3. The first-order valence-electron chi connectivity index (χ1n) is 5.78. The van der Waals surface area contributed by atoms with Crippen molar-refractivity contribution in [2.75, 3.05) is 19.7 Å². The van der Waals surface area contributed by atoms with Gasteiger partial charge in [-0.15, -0.1) is 0 Å². The first-order valence-corrected chi connectivity index (χ1v) is 6.57. The maximum atomic E-state index is 11.8. The highest BCUT2D eigenvalue weighted by Gasteiger charge is 2.16. The zero-order valence-electron chi connectivity index (χ0n) is 9.56. The Kier molecular flexibility index (Phi) is 4.36. The summed E-state index contributed by atoms with van der Waals surface area (Å²) >= 11 is 3.33. The summed E-state index contributed by atoms with van der Waals surface area (Å²) in [5, 5.41) is 0. The minimum absolute atomic E-state index is 0.0477. The van der Waals surface area contributed by atoms with E-state index < -0.39 is 0 Å². The van der Waals surface area contributed by atoms with Crippen molar-refractivity contribution in [3.63, 3.8) is 0 Å². The topological polar surface area (TPSA) is 42.4 Å². The molecule has 0 atom stereocenters. The van der Waals surface area contributed by atoms with Crippen LogP contribution in [0.1, 0.15) is 19.3 Å². The second kappa shape index (κ2) is 6.00. The molecule has 0 saturated carbocycles. The van der Waals surface area contributed by atoms with Gasteiger partial charge in [0.2, 0.25) is 5.88 Å². The third-order valence-corrected chi connectivity index (χ3v) is 3.24. The van der Waals surface area contributed by atoms with Crippen LogP contribution in [0.15, 0.2) is 22.8 Å². The van der Waals surface area contributed by atoms with Crippen molar-refractivity contribution in [2.45, 2.75) is 19.3 Å². The summed E-state index contributed by atoms with van der Waals surface area (Å²) in [6.45, 7) is 1.78. The molecule has 0 aliphatic carbocycles. The van der Waals surface area contributed by atoms with Gasteiger partial charge in [-0.25, -0.2) is 4.98 Å². The Labute approximate surface area is 109 Å². The molecule has 2 rings (SSSR count). The Bertz CT molecular complexity index is 392. The van der Waals surface area contributed by atoms with Crippen LogP contribution in [0.5, 0.6) is 5.88 Å². The van der Waals surface area contributed by atoms with Crippen LogP contribution >= 0.6 is 15.9 Å². The number of carbonyl (C=O) groups is 1. The average molecular weight is 299 g/mol. The maximum Gasteiger partial charge on any atom is 0.260 e. The van der Waals surface area contributed by atoms with E-state index in [2.05, 4.69) is 20.9 Å². The van der Waals surface area contributed by atoms with Crippen LogP contribution in [0.25, 0.3) is 0 Å². The molecule has 1 amide bonds. The molecule has 0 unspecified atom stereocenters. The fraction of sp³-hybridized carbons (Fsp3) is 0.500. The lowest BCUT2D eigenvalue weighted by atomic mass is 10.1. The summed E-state index contributed by atoms with van der Waals surface area (Å²) in [4.78, 5) is 17.7. The standard InChI is InChI=1S/C12H15BrN2O2/c13-10-4-5-14-11(8-10)17-9-12(16)15-6-2-1-3-7-15/h4-5,8H,1-3,6-7,9H2. The molecule has 4 nitrogen and oxygen atoms in total. The van der Waals surface area contributed by atoms with Crippen LogP contribution in [0, 0.1) is 0 Å². The van der Waals surface area contributed by atoms with Gasteiger partial charge in [0.05, 0.1) is 0 Å². The third-order valence-electron chi connectivity index (χ3n) is 2.75. The maximum absolute atomic E-state index is 11.8. The Morgan fingerprint density at radius 2 is 2.18 bits per heavy atom. The van der Waals surface area contributed by atoms with Crippen molar-refractivity contribution in [3.8, 4) is 5.88 Å². The molecule has 92 valence electrons. The summed E-state index contributed by atoms with van der Waals surface area (Å²) in [6, 6.07) is 3.57. The van der Waals surface area contributed by atoms with Gasteiger partial charge in [0.25, 0.3) is 5.91 Å². The molecule has 17 heavy (non-hydrogen) atoms. The van der Waals surface area contributed by atoms with E-state index in [1.54, 1.807) is 12.3 Å². The number of amides is 1. The molecule has 0 N–H and O–H groups in total. The molecule has 0 aromatic carbocycles. The summed E-state index contributed by atoms with van der Waals surface area (Å²) in [7, 11) is 0. The first kappa shape index (κ1) is 12.4. The number of halogens is 1. The Morgan fingerprint density at radius 3 is 2.88 bits per heavy atom. The highest BCUT2D eigenvalue weighted by atomic mass is 79.9. The van der Waals surface area contributed by atoms with Gasteiger partial charge in [-0.2, -0.15) is 0 Å². The molecule has 0 bridgehead atoms. The van der Waals surface area contributed by atoms with Crippen LogP contribution in [0.3, 0.4) is 0 Å². The second-order valence-corrected chi connectivity index (χ2v) is 4.96. The zero-order chi connectivity index (χ0) is 12.1. The summed E-state index contributed by atoms with van der Waals surface area (Å²) < 4.78 is 6.27. The number of nitrogens with zero attached hydrogens (tertiary/aromatic N) is 2. The number of hydrogen-bond donors (Lipinski definition) is 0. The molecule has 0 spiro atoms. The number of ether oxygens (including phenoxy) is 1. The Morgan fingerprint density at radius 1 is 1.41 bits per heavy atom. The molecule has 1 aromatic heterocycles. The van der Waals surface area contributed by atoms with E-state index in [4.69, 9.17) is 4.74 Å². The number of rotatable bonds is 3. The molecule has 1 aliphatic heterocycles. The highest BCUT2D eigenvalue weighted by molar-refractivity contribution is 9.10. The first-order chi connectivity index (χ1) is 8.25. The van der Waals surface area contributed by atoms with E-state index in [-0.39, 0.29) is 12.5 Å². The van der Waals surface area contributed by atoms with Gasteiger partial charge in [0.15, 0.2) is 6.61 Å². The molecular weight excluding hydrogens is 284 g/mol. The van der Waals surface area contributed by atoms with E-state index in [1.807, 2.05) is 11.0 Å². The van der Waals surface area contributed by atoms with Crippen molar-refractivity contribution in [1.29, 1.82) is 0 Å². The van der Waals surface area contributed by atoms with Crippen molar-refractivity contribution < 1.29 is 9.53 Å². The third kappa shape index (κ3) is 3.70. The fourth-order valence-corrected chi connectivity index (χ4v) is 2.15. The Hall–Kier alpha value is -1.10. The van der Waals surface area contributed by atoms with Crippen molar-refractivity contribution in [2.24, 2.45) is 0 Å². The van der Waals surface area contributed by atoms with E-state index in [0.717, 1.165) is 30.4 Å². The summed E-state index contributed by atoms with van der Waals surface area (Å²) in [5.74, 6) is 0.524. The average Bonchev–Trinajstić information content (AvgIpc) is 2.37. The number of aromatic nitrogens is 1. The van der Waals surface area contributed by atoms with Gasteiger partial charge in [-0.3, -0.25) is 4.79 Å². The molecule has 1 aromatic rings. The van der Waals surface area contributed by atoms with E-state index in [1.165, 1.54) is 6.42 Å². The largest absolute Gasteiger partial charge is 0.468 e. The zero-order valence-corrected chi connectivity index (χ0v) is 11.1. The minimum atomic E-state index is 0.0477. The summed E-state index contributed by atoms with van der Waals surface area (Å²) in [6.07, 6.45) is 5.06. The molecule has 1 aliphatic rings. The monoisotopic (exact) mass is 298 g/mol. The Balaban J connectivity index is 1.83. The van der Waals surface area contributed by atoms with E-state index in [0.29, 0.717) is 5.88 Å². The lowest BCUT2D eigenvalue weighted by Crippen LogP contribution is -2.38. The van der Waals surface area contributed by atoms with Gasteiger partial charge in [0.1, 0.15) is 0 Å². The smallest absolute Gasteiger partial charge is 0.260 e. The second-order valence-electron chi connectivity index (χ2n) is 4.04. The normalized spacial score (nSPS) is 15.7. The van der Waals surface area contributed by atoms with Gasteiger partial charge in [0, 0.05) is 29.8 Å². The highest BCUT2D eigenvalue weighted by Crippen LogP contribution is 2.15. The van der Waals surface area contributed by atoms with Crippen molar-refractivity contribution in [3.05, 3.63) is 22.8 Å². The molecule has 0 radical (unpaired) electrons. The molecule has 2 heterocycles. The van der Waals surface area contributed by atoms with Gasteiger partial charge in [-0.1, -0.05) is 15.9 Å². The number of likely N-dealkylation sites (tertiary alicyclic amines) is 1. The van der Waals surface area contributed by atoms with Gasteiger partial charge in [-0.05, 0) is 25.3 Å². The molecule has 1 fully saturated rings. The number of pyridine rings is 1. The van der Waals surface area contributed by atoms with Crippen LogP contribution in [-0.4, -0.2) is 35.5 Å². The van der Waals surface area contributed by atoms with E-state index >= 15 is 0 Å². The predicted molar refractivity (Wildman–Crippen MR) is 67.9 cm³/mol. The van der Waals surface area contributed by atoms with Gasteiger partial charge < -0.3 is 9.64 Å². The van der Waals surface area contributed by atoms with E-state index in [9.17, 15) is 4.79 Å². The molecule has 1 saturated heterocycles. The lowest BCUT2D eigenvalue weighted by molar-refractivity contribution is -0.134. The summed E-state index contributed by atoms with van der Waals surface area (Å²) in [5.41, 5.74) is 0.